The van der Waals surface area contributed by atoms with E-state index in [0.29, 0.717) is 18.5 Å². The van der Waals surface area contributed by atoms with Crippen molar-refractivity contribution in [3.05, 3.63) is 46.7 Å². The van der Waals surface area contributed by atoms with Gasteiger partial charge in [-0.05, 0) is 68.4 Å². The molecule has 6 nitrogen and oxygen atoms in total. The molecule has 2 saturated heterocycles. The number of halogens is 3. The number of hydrogen-bond donors (Lipinski definition) is 0. The number of aryl methyl sites for hydroxylation is 1. The zero-order valence-electron chi connectivity index (χ0n) is 19.9. The van der Waals surface area contributed by atoms with Crippen LogP contribution in [0.1, 0.15) is 44.2 Å². The first-order valence-corrected chi connectivity index (χ1v) is 13.2. The number of rotatable bonds is 4. The molecule has 3 fully saturated rings. The fourth-order valence-corrected chi connectivity index (χ4v) is 5.73. The Morgan fingerprint density at radius 3 is 2.29 bits per heavy atom. The van der Waals surface area contributed by atoms with E-state index in [1.165, 1.54) is 25.7 Å². The molecule has 0 radical (unpaired) electrons. The normalized spacial score (nSPS) is 20.9. The van der Waals surface area contributed by atoms with Crippen molar-refractivity contribution in [2.45, 2.75) is 51.4 Å². The Morgan fingerprint density at radius 1 is 0.857 bits per heavy atom. The maximum atomic E-state index is 13.6. The molecule has 1 aromatic carbocycles. The first-order chi connectivity index (χ1) is 16.8. The lowest BCUT2D eigenvalue weighted by Gasteiger charge is -2.35. The van der Waals surface area contributed by atoms with E-state index in [0.717, 1.165) is 51.7 Å². The first kappa shape index (κ1) is 22.9. The molecule has 0 N–H and O–H groups in total. The zero-order valence-corrected chi connectivity index (χ0v) is 21.4. The monoisotopic (exact) mass is 542 g/mol. The van der Waals surface area contributed by atoms with Gasteiger partial charge in [0.25, 0.3) is 5.92 Å². The quantitative estimate of drug-likeness (QED) is 0.403. The van der Waals surface area contributed by atoms with Crippen LogP contribution in [0.3, 0.4) is 0 Å². The van der Waals surface area contributed by atoms with Crippen LogP contribution in [0.5, 0.6) is 0 Å². The van der Waals surface area contributed by atoms with Gasteiger partial charge in [0.15, 0.2) is 0 Å². The van der Waals surface area contributed by atoms with Crippen molar-refractivity contribution in [3.63, 3.8) is 0 Å². The lowest BCUT2D eigenvalue weighted by atomic mass is 9.93. The third kappa shape index (κ3) is 4.67. The average Bonchev–Trinajstić information content (AvgIpc) is 3.39. The minimum Gasteiger partial charge on any atom is -0.370 e. The summed E-state index contributed by atoms with van der Waals surface area (Å²) in [4.78, 5) is 9.01. The Kier molecular flexibility index (Phi) is 5.58. The van der Waals surface area contributed by atoms with E-state index in [1.54, 1.807) is 0 Å². The maximum Gasteiger partial charge on any atom is 0.251 e. The van der Waals surface area contributed by atoms with E-state index in [4.69, 9.17) is 0 Å². The summed E-state index contributed by atoms with van der Waals surface area (Å²) < 4.78 is 30.2. The topological polar surface area (TPSA) is 50.1 Å². The van der Waals surface area contributed by atoms with Gasteiger partial charge in [-0.2, -0.15) is 0 Å². The predicted molar refractivity (Wildman–Crippen MR) is 137 cm³/mol. The van der Waals surface area contributed by atoms with Crippen LogP contribution < -0.4 is 9.80 Å². The van der Waals surface area contributed by atoms with Crippen LogP contribution in [-0.4, -0.2) is 52.1 Å². The third-order valence-electron chi connectivity index (χ3n) is 7.85. The molecule has 2 aromatic heterocycles. The highest BCUT2D eigenvalue weighted by atomic mass is 79.9. The van der Waals surface area contributed by atoms with Crippen molar-refractivity contribution in [1.29, 1.82) is 0 Å². The zero-order chi connectivity index (χ0) is 24.2. The minimum absolute atomic E-state index is 0.141. The Bertz CT molecular complexity index is 1230. The summed E-state index contributed by atoms with van der Waals surface area (Å²) in [7, 11) is 0. The molecule has 1 spiro atoms. The van der Waals surface area contributed by atoms with Gasteiger partial charge >= 0.3 is 0 Å². The second kappa shape index (κ2) is 8.54. The molecule has 3 aliphatic rings. The number of benzene rings is 1. The van der Waals surface area contributed by atoms with Crippen LogP contribution in [0.15, 0.2) is 41.0 Å². The molecule has 6 rings (SSSR count). The standard InChI is InChI=1S/C26H29BrF2N6/c1-18-14-19(15-24(30-18)34-12-8-26(28,29)9-13-34)21-17-35(32-31-21)22-3-2-20(27)16-23(22)33-10-6-25(4-5-25)7-11-33/h2-3,14-17H,4-13H2,1H3. The third-order valence-corrected chi connectivity index (χ3v) is 8.35. The molecule has 9 heteroatoms. The Balaban J connectivity index is 1.28. The SMILES string of the molecule is Cc1cc(-c2cn(-c3ccc(Br)cc3N3CCC4(CC3)CC4)nn2)cc(N2CCC(F)(F)CC2)n1. The van der Waals surface area contributed by atoms with Gasteiger partial charge in [0.2, 0.25) is 0 Å². The number of nitrogens with zero attached hydrogens (tertiary/aromatic N) is 6. The van der Waals surface area contributed by atoms with Crippen LogP contribution in [0.25, 0.3) is 16.9 Å². The highest BCUT2D eigenvalue weighted by molar-refractivity contribution is 9.10. The van der Waals surface area contributed by atoms with E-state index in [2.05, 4.69) is 48.3 Å². The Labute approximate surface area is 212 Å². The summed E-state index contributed by atoms with van der Waals surface area (Å²) in [5.41, 5.74) is 5.24. The van der Waals surface area contributed by atoms with E-state index in [9.17, 15) is 8.78 Å². The van der Waals surface area contributed by atoms with Crippen LogP contribution >= 0.6 is 15.9 Å². The van der Waals surface area contributed by atoms with Gasteiger partial charge in [0.1, 0.15) is 11.5 Å². The molecular formula is C26H29BrF2N6. The van der Waals surface area contributed by atoms with E-state index >= 15 is 0 Å². The van der Waals surface area contributed by atoms with Crippen molar-refractivity contribution in [2.24, 2.45) is 5.41 Å². The highest BCUT2D eigenvalue weighted by Gasteiger charge is 2.44. The van der Waals surface area contributed by atoms with Crippen molar-refractivity contribution < 1.29 is 8.78 Å². The largest absolute Gasteiger partial charge is 0.370 e. The number of anilines is 2. The van der Waals surface area contributed by atoms with Crippen molar-refractivity contribution in [3.8, 4) is 16.9 Å². The first-order valence-electron chi connectivity index (χ1n) is 12.4. The fourth-order valence-electron chi connectivity index (χ4n) is 5.38. The summed E-state index contributed by atoms with van der Waals surface area (Å²) in [5.74, 6) is -1.86. The molecule has 3 aromatic rings. The lowest BCUT2D eigenvalue weighted by Crippen LogP contribution is -2.39. The van der Waals surface area contributed by atoms with Gasteiger partial charge in [-0.1, -0.05) is 21.1 Å². The summed E-state index contributed by atoms with van der Waals surface area (Å²) in [6.45, 7) is 4.65. The molecule has 184 valence electrons. The Hall–Kier alpha value is -2.55. The fraction of sp³-hybridized carbons (Fsp3) is 0.500. The highest BCUT2D eigenvalue weighted by Crippen LogP contribution is 2.54. The maximum absolute atomic E-state index is 13.6. The smallest absolute Gasteiger partial charge is 0.251 e. The molecule has 0 amide bonds. The van der Waals surface area contributed by atoms with Crippen LogP contribution in [0, 0.1) is 12.3 Å². The number of piperidine rings is 2. The van der Waals surface area contributed by atoms with Gasteiger partial charge in [-0.15, -0.1) is 5.10 Å². The predicted octanol–water partition coefficient (Wildman–Crippen LogP) is 6.02. The number of pyridine rings is 1. The Morgan fingerprint density at radius 2 is 1.57 bits per heavy atom. The van der Waals surface area contributed by atoms with Gasteiger partial charge in [0, 0.05) is 54.8 Å². The van der Waals surface area contributed by atoms with Crippen molar-refractivity contribution in [2.75, 3.05) is 36.0 Å². The molecule has 0 unspecified atom stereocenters. The van der Waals surface area contributed by atoms with Crippen molar-refractivity contribution >= 4 is 27.4 Å². The van der Waals surface area contributed by atoms with Gasteiger partial charge < -0.3 is 9.80 Å². The summed E-state index contributed by atoms with van der Waals surface area (Å²) >= 11 is 3.64. The van der Waals surface area contributed by atoms with Crippen LogP contribution in [0.4, 0.5) is 20.3 Å². The van der Waals surface area contributed by atoms with E-state index in [1.807, 2.05) is 40.9 Å². The lowest BCUT2D eigenvalue weighted by molar-refractivity contribution is -0.0221. The van der Waals surface area contributed by atoms with Gasteiger partial charge in [0.05, 0.1) is 17.6 Å². The summed E-state index contributed by atoms with van der Waals surface area (Å²) in [6.07, 6.45) is 6.93. The second-order valence-electron chi connectivity index (χ2n) is 10.4. The average molecular weight is 543 g/mol. The van der Waals surface area contributed by atoms with Crippen molar-refractivity contribution in [1.82, 2.24) is 20.0 Å². The molecule has 1 aliphatic carbocycles. The number of aromatic nitrogens is 4. The number of hydrogen-bond acceptors (Lipinski definition) is 5. The molecule has 2 aliphatic heterocycles. The van der Waals surface area contributed by atoms with E-state index < -0.39 is 5.92 Å². The summed E-state index contributed by atoms with van der Waals surface area (Å²) in [5, 5.41) is 8.94. The number of alkyl halides is 2. The van der Waals surface area contributed by atoms with E-state index in [-0.39, 0.29) is 12.8 Å². The van der Waals surface area contributed by atoms with Gasteiger partial charge in [-0.25, -0.2) is 18.4 Å². The van der Waals surface area contributed by atoms with Gasteiger partial charge in [-0.3, -0.25) is 0 Å². The minimum atomic E-state index is -2.58. The van der Waals surface area contributed by atoms with Crippen LogP contribution in [0.2, 0.25) is 0 Å². The molecule has 0 atom stereocenters. The summed E-state index contributed by atoms with van der Waals surface area (Å²) in [6, 6.07) is 10.2. The molecule has 0 bridgehead atoms. The van der Waals surface area contributed by atoms with Crippen LogP contribution in [-0.2, 0) is 0 Å². The molecule has 4 heterocycles. The molecule has 35 heavy (non-hydrogen) atoms. The molecular weight excluding hydrogens is 514 g/mol. The molecule has 1 saturated carbocycles. The second-order valence-corrected chi connectivity index (χ2v) is 11.3.